The van der Waals surface area contributed by atoms with Crippen LogP contribution in [0.1, 0.15) is 35.5 Å². The smallest absolute Gasteiger partial charge is 0.331 e. The highest BCUT2D eigenvalue weighted by Crippen LogP contribution is 2.25. The number of esters is 1. The Balaban J connectivity index is 2.07. The standard InChI is InChI=1S/C17H19ClN2O2/c1-11-14(12(2)20(4)19-11)9-10-17(21)22-13(3)15-7-5-6-8-16(15)18/h5-10,13H,1-4H3/b10-9+/t13-/m0/s1. The first kappa shape index (κ1) is 16.3. The molecule has 1 atom stereocenters. The number of halogens is 1. The van der Waals surface area contributed by atoms with Crippen LogP contribution in [0.4, 0.5) is 0 Å². The number of hydrogen-bond acceptors (Lipinski definition) is 3. The summed E-state index contributed by atoms with van der Waals surface area (Å²) in [4.78, 5) is 12.0. The van der Waals surface area contributed by atoms with E-state index in [9.17, 15) is 4.79 Å². The summed E-state index contributed by atoms with van der Waals surface area (Å²) in [7, 11) is 1.87. The fourth-order valence-corrected chi connectivity index (χ4v) is 2.55. The van der Waals surface area contributed by atoms with Gasteiger partial charge in [0, 0.05) is 35.0 Å². The Labute approximate surface area is 135 Å². The van der Waals surface area contributed by atoms with Crippen LogP contribution in [0.25, 0.3) is 6.08 Å². The molecule has 0 fully saturated rings. The lowest BCUT2D eigenvalue weighted by Gasteiger charge is -2.13. The van der Waals surface area contributed by atoms with E-state index in [0.29, 0.717) is 5.02 Å². The fourth-order valence-electron chi connectivity index (χ4n) is 2.26. The number of carbonyl (C=O) groups excluding carboxylic acids is 1. The Bertz CT molecular complexity index is 719. The van der Waals surface area contributed by atoms with Crippen LogP contribution in [0.3, 0.4) is 0 Å². The molecule has 1 aromatic heterocycles. The molecule has 1 aromatic carbocycles. The molecule has 4 nitrogen and oxygen atoms in total. The number of ether oxygens (including phenoxy) is 1. The maximum atomic E-state index is 12.0. The molecule has 0 spiro atoms. The predicted molar refractivity (Wildman–Crippen MR) is 87.7 cm³/mol. The molecule has 0 saturated heterocycles. The largest absolute Gasteiger partial charge is 0.455 e. The van der Waals surface area contributed by atoms with Crippen LogP contribution < -0.4 is 0 Å². The van der Waals surface area contributed by atoms with Crippen molar-refractivity contribution in [3.8, 4) is 0 Å². The number of carbonyl (C=O) groups is 1. The van der Waals surface area contributed by atoms with E-state index in [0.717, 1.165) is 22.5 Å². The van der Waals surface area contributed by atoms with Crippen molar-refractivity contribution < 1.29 is 9.53 Å². The number of rotatable bonds is 4. The molecule has 0 N–H and O–H groups in total. The van der Waals surface area contributed by atoms with Crippen molar-refractivity contribution >= 4 is 23.6 Å². The minimum Gasteiger partial charge on any atom is -0.455 e. The molecule has 1 heterocycles. The van der Waals surface area contributed by atoms with Crippen molar-refractivity contribution in [2.24, 2.45) is 7.05 Å². The van der Waals surface area contributed by atoms with E-state index in [1.165, 1.54) is 6.08 Å². The van der Waals surface area contributed by atoms with Gasteiger partial charge in [-0.1, -0.05) is 29.8 Å². The van der Waals surface area contributed by atoms with Gasteiger partial charge in [0.05, 0.1) is 5.69 Å². The van der Waals surface area contributed by atoms with Crippen molar-refractivity contribution in [2.75, 3.05) is 0 Å². The quantitative estimate of drug-likeness (QED) is 0.632. The van der Waals surface area contributed by atoms with Gasteiger partial charge < -0.3 is 4.74 Å². The molecule has 0 radical (unpaired) electrons. The third kappa shape index (κ3) is 3.57. The lowest BCUT2D eigenvalue weighted by Crippen LogP contribution is -2.06. The summed E-state index contributed by atoms with van der Waals surface area (Å²) in [5.74, 6) is -0.407. The van der Waals surface area contributed by atoms with Crippen LogP contribution in [0, 0.1) is 13.8 Å². The summed E-state index contributed by atoms with van der Waals surface area (Å²) in [6.07, 6.45) is 2.76. The highest BCUT2D eigenvalue weighted by Gasteiger charge is 2.13. The molecule has 116 valence electrons. The molecule has 0 aliphatic rings. The average Bonchev–Trinajstić information content (AvgIpc) is 2.70. The van der Waals surface area contributed by atoms with E-state index < -0.39 is 12.1 Å². The van der Waals surface area contributed by atoms with Gasteiger partial charge in [0.15, 0.2) is 0 Å². The second-order valence-electron chi connectivity index (χ2n) is 5.14. The normalized spacial score (nSPS) is 12.6. The van der Waals surface area contributed by atoms with Gasteiger partial charge in [-0.25, -0.2) is 4.79 Å². The van der Waals surface area contributed by atoms with Crippen LogP contribution in [-0.4, -0.2) is 15.7 Å². The lowest BCUT2D eigenvalue weighted by atomic mass is 10.1. The van der Waals surface area contributed by atoms with Crippen molar-refractivity contribution in [3.63, 3.8) is 0 Å². The van der Waals surface area contributed by atoms with Crippen LogP contribution in [0.2, 0.25) is 5.02 Å². The molecule has 0 saturated carbocycles. The number of nitrogens with zero attached hydrogens (tertiary/aromatic N) is 2. The zero-order valence-electron chi connectivity index (χ0n) is 13.1. The molecule has 5 heteroatoms. The molecule has 0 amide bonds. The molecule has 22 heavy (non-hydrogen) atoms. The minimum atomic E-state index is -0.407. The Kier molecular flexibility index (Phi) is 5.03. The van der Waals surface area contributed by atoms with Crippen molar-refractivity contribution in [3.05, 3.63) is 57.9 Å². The fraction of sp³-hybridized carbons (Fsp3) is 0.294. The van der Waals surface area contributed by atoms with Crippen LogP contribution in [0.5, 0.6) is 0 Å². The van der Waals surface area contributed by atoms with Crippen LogP contribution in [-0.2, 0) is 16.6 Å². The van der Waals surface area contributed by atoms with E-state index in [1.807, 2.05) is 39.1 Å². The maximum absolute atomic E-state index is 12.0. The molecule has 2 rings (SSSR count). The first-order valence-electron chi connectivity index (χ1n) is 7.03. The second-order valence-corrected chi connectivity index (χ2v) is 5.55. The van der Waals surface area contributed by atoms with E-state index in [4.69, 9.17) is 16.3 Å². The van der Waals surface area contributed by atoms with E-state index in [-0.39, 0.29) is 0 Å². The Morgan fingerprint density at radius 3 is 2.64 bits per heavy atom. The number of aryl methyl sites for hydroxylation is 2. The highest BCUT2D eigenvalue weighted by atomic mass is 35.5. The van der Waals surface area contributed by atoms with Gasteiger partial charge in [0.2, 0.25) is 0 Å². The van der Waals surface area contributed by atoms with Crippen molar-refractivity contribution in [1.29, 1.82) is 0 Å². The molecular weight excluding hydrogens is 300 g/mol. The average molecular weight is 319 g/mol. The van der Waals surface area contributed by atoms with Gasteiger partial charge in [-0.15, -0.1) is 0 Å². The molecule has 0 unspecified atom stereocenters. The Morgan fingerprint density at radius 1 is 1.36 bits per heavy atom. The van der Waals surface area contributed by atoms with Crippen LogP contribution >= 0.6 is 11.6 Å². The second kappa shape index (κ2) is 6.79. The molecule has 0 aliphatic carbocycles. The van der Waals surface area contributed by atoms with Crippen molar-refractivity contribution in [2.45, 2.75) is 26.9 Å². The highest BCUT2D eigenvalue weighted by molar-refractivity contribution is 6.31. The van der Waals surface area contributed by atoms with Crippen molar-refractivity contribution in [1.82, 2.24) is 9.78 Å². The molecule has 0 bridgehead atoms. The Hall–Kier alpha value is -2.07. The summed E-state index contributed by atoms with van der Waals surface area (Å²) in [5, 5.41) is 4.89. The third-order valence-corrected chi connectivity index (χ3v) is 3.93. The number of aromatic nitrogens is 2. The summed E-state index contributed by atoms with van der Waals surface area (Å²) >= 11 is 6.10. The minimum absolute atomic E-state index is 0.401. The van der Waals surface area contributed by atoms with Gasteiger partial charge in [-0.3, -0.25) is 4.68 Å². The predicted octanol–water partition coefficient (Wildman–Crippen LogP) is 4.01. The van der Waals surface area contributed by atoms with Gasteiger partial charge in [-0.2, -0.15) is 5.10 Å². The first-order valence-corrected chi connectivity index (χ1v) is 7.41. The molecule has 2 aromatic rings. The van der Waals surface area contributed by atoms with E-state index >= 15 is 0 Å². The summed E-state index contributed by atoms with van der Waals surface area (Å²) < 4.78 is 7.17. The number of benzene rings is 1. The van der Waals surface area contributed by atoms with Crippen LogP contribution in [0.15, 0.2) is 30.3 Å². The van der Waals surface area contributed by atoms with Gasteiger partial charge in [-0.05, 0) is 32.9 Å². The van der Waals surface area contributed by atoms with E-state index in [1.54, 1.807) is 23.7 Å². The number of hydrogen-bond donors (Lipinski definition) is 0. The first-order chi connectivity index (χ1) is 10.4. The van der Waals surface area contributed by atoms with Gasteiger partial charge >= 0.3 is 5.97 Å². The monoisotopic (exact) mass is 318 g/mol. The summed E-state index contributed by atoms with van der Waals surface area (Å²) in [5.41, 5.74) is 3.61. The van der Waals surface area contributed by atoms with Gasteiger partial charge in [0.1, 0.15) is 6.10 Å². The molecular formula is C17H19ClN2O2. The summed E-state index contributed by atoms with van der Waals surface area (Å²) in [6.45, 7) is 5.66. The SMILES string of the molecule is Cc1nn(C)c(C)c1/C=C/C(=O)O[C@@H](C)c1ccccc1Cl. The maximum Gasteiger partial charge on any atom is 0.331 e. The Morgan fingerprint density at radius 2 is 2.05 bits per heavy atom. The summed E-state index contributed by atoms with van der Waals surface area (Å²) in [6, 6.07) is 7.33. The lowest BCUT2D eigenvalue weighted by molar-refractivity contribution is -0.142. The third-order valence-electron chi connectivity index (χ3n) is 3.59. The molecule has 0 aliphatic heterocycles. The zero-order chi connectivity index (χ0) is 16.3. The topological polar surface area (TPSA) is 44.1 Å². The van der Waals surface area contributed by atoms with Gasteiger partial charge in [0.25, 0.3) is 0 Å². The zero-order valence-corrected chi connectivity index (χ0v) is 13.9. The van der Waals surface area contributed by atoms with E-state index in [2.05, 4.69) is 5.10 Å².